The van der Waals surface area contributed by atoms with Gasteiger partial charge in [0, 0.05) is 6.42 Å². The minimum absolute atomic E-state index is 0.0529. The SMILES string of the molecule is O=C(COC(=O)[C@H](Cc1ccccc1)N1C(=O)c2ccccc2C1=O)Nc1ccccc1Cl. The predicted molar refractivity (Wildman–Crippen MR) is 122 cm³/mol. The van der Waals surface area contributed by atoms with Crippen LogP contribution in [0.15, 0.2) is 78.9 Å². The van der Waals surface area contributed by atoms with Crippen LogP contribution in [0.3, 0.4) is 0 Å². The van der Waals surface area contributed by atoms with Gasteiger partial charge >= 0.3 is 5.97 Å². The summed E-state index contributed by atoms with van der Waals surface area (Å²) in [6, 6.07) is 20.7. The van der Waals surface area contributed by atoms with Gasteiger partial charge in [-0.2, -0.15) is 0 Å². The maximum atomic E-state index is 13.0. The number of nitrogens with one attached hydrogen (secondary N) is 1. The highest BCUT2D eigenvalue weighted by molar-refractivity contribution is 6.33. The van der Waals surface area contributed by atoms with Crippen LogP contribution >= 0.6 is 11.6 Å². The Morgan fingerprint density at radius 3 is 2.06 bits per heavy atom. The van der Waals surface area contributed by atoms with Crippen molar-refractivity contribution in [3.05, 3.63) is 101 Å². The zero-order valence-corrected chi connectivity index (χ0v) is 18.1. The second-order valence-electron chi connectivity index (χ2n) is 7.37. The summed E-state index contributed by atoms with van der Waals surface area (Å²) in [7, 11) is 0. The van der Waals surface area contributed by atoms with Crippen molar-refractivity contribution >= 4 is 41.0 Å². The maximum absolute atomic E-state index is 13.0. The number of esters is 1. The van der Waals surface area contributed by atoms with Crippen LogP contribution in [0, 0.1) is 0 Å². The summed E-state index contributed by atoms with van der Waals surface area (Å²) < 4.78 is 5.22. The summed E-state index contributed by atoms with van der Waals surface area (Å²) in [6.07, 6.45) is 0.0529. The maximum Gasteiger partial charge on any atom is 0.330 e. The van der Waals surface area contributed by atoms with Gasteiger partial charge in [-0.05, 0) is 29.8 Å². The zero-order valence-electron chi connectivity index (χ0n) is 17.4. The minimum Gasteiger partial charge on any atom is -0.454 e. The molecule has 0 aliphatic carbocycles. The van der Waals surface area contributed by atoms with E-state index in [1.807, 2.05) is 6.07 Å². The minimum atomic E-state index is -1.23. The number of carbonyl (C=O) groups is 4. The van der Waals surface area contributed by atoms with Crippen molar-refractivity contribution in [1.29, 1.82) is 0 Å². The fourth-order valence-corrected chi connectivity index (χ4v) is 3.77. The average Bonchev–Trinajstić information content (AvgIpc) is 3.08. The average molecular weight is 463 g/mol. The molecule has 4 rings (SSSR count). The Morgan fingerprint density at radius 2 is 1.42 bits per heavy atom. The van der Waals surface area contributed by atoms with E-state index in [0.717, 1.165) is 10.5 Å². The molecule has 1 aliphatic rings. The van der Waals surface area contributed by atoms with Crippen LogP contribution in [0.4, 0.5) is 5.69 Å². The monoisotopic (exact) mass is 462 g/mol. The number of fused-ring (bicyclic) bond motifs is 1. The van der Waals surface area contributed by atoms with E-state index in [9.17, 15) is 19.2 Å². The van der Waals surface area contributed by atoms with E-state index < -0.39 is 36.3 Å². The van der Waals surface area contributed by atoms with Gasteiger partial charge in [0.1, 0.15) is 6.04 Å². The van der Waals surface area contributed by atoms with Crippen LogP contribution in [0.5, 0.6) is 0 Å². The number of amides is 3. The third kappa shape index (κ3) is 4.78. The molecular formula is C25H19ClN2O5. The number of halogens is 1. The smallest absolute Gasteiger partial charge is 0.330 e. The number of hydrogen-bond donors (Lipinski definition) is 1. The fraction of sp³-hybridized carbons (Fsp3) is 0.120. The number of para-hydroxylation sites is 1. The molecule has 0 bridgehead atoms. The summed E-state index contributed by atoms with van der Waals surface area (Å²) in [5.74, 6) is -2.61. The lowest BCUT2D eigenvalue weighted by molar-refractivity contribution is -0.151. The number of nitrogens with zero attached hydrogens (tertiary/aromatic N) is 1. The topological polar surface area (TPSA) is 92.8 Å². The summed E-state index contributed by atoms with van der Waals surface area (Å²) in [5.41, 5.74) is 1.56. The molecule has 1 aliphatic heterocycles. The van der Waals surface area contributed by atoms with E-state index >= 15 is 0 Å². The molecule has 1 atom stereocenters. The third-order valence-electron chi connectivity index (χ3n) is 5.17. The van der Waals surface area contributed by atoms with Crippen LogP contribution < -0.4 is 5.32 Å². The van der Waals surface area contributed by atoms with Gasteiger partial charge in [-0.1, -0.05) is 66.2 Å². The molecule has 3 aromatic carbocycles. The van der Waals surface area contributed by atoms with Crippen molar-refractivity contribution in [3.63, 3.8) is 0 Å². The molecule has 3 amide bonds. The number of hydrogen-bond acceptors (Lipinski definition) is 5. The molecule has 33 heavy (non-hydrogen) atoms. The Labute approximate surface area is 194 Å². The molecule has 3 aromatic rings. The van der Waals surface area contributed by atoms with Gasteiger partial charge in [0.05, 0.1) is 21.8 Å². The van der Waals surface area contributed by atoms with Crippen LogP contribution in [0.25, 0.3) is 0 Å². The normalized spacial score (nSPS) is 13.4. The van der Waals surface area contributed by atoms with Crippen molar-refractivity contribution in [3.8, 4) is 0 Å². The lowest BCUT2D eigenvalue weighted by Gasteiger charge is -2.24. The molecule has 1 N–H and O–H groups in total. The molecule has 8 heteroatoms. The Balaban J connectivity index is 1.52. The lowest BCUT2D eigenvalue weighted by atomic mass is 10.0. The Morgan fingerprint density at radius 1 is 0.848 bits per heavy atom. The number of anilines is 1. The largest absolute Gasteiger partial charge is 0.454 e. The molecule has 0 radical (unpaired) electrons. The van der Waals surface area contributed by atoms with Crippen LogP contribution in [0.1, 0.15) is 26.3 Å². The number of carbonyl (C=O) groups excluding carboxylic acids is 4. The van der Waals surface area contributed by atoms with E-state index in [4.69, 9.17) is 16.3 Å². The third-order valence-corrected chi connectivity index (χ3v) is 5.50. The molecule has 1 heterocycles. The van der Waals surface area contributed by atoms with Crippen molar-refractivity contribution in [2.24, 2.45) is 0 Å². The van der Waals surface area contributed by atoms with Crippen LogP contribution in [-0.4, -0.2) is 41.2 Å². The van der Waals surface area contributed by atoms with Crippen molar-refractivity contribution in [2.75, 3.05) is 11.9 Å². The number of ether oxygens (including phenoxy) is 1. The van der Waals surface area contributed by atoms with Gasteiger partial charge in [0.15, 0.2) is 6.61 Å². The van der Waals surface area contributed by atoms with Crippen LogP contribution in [-0.2, 0) is 20.7 Å². The molecule has 7 nitrogen and oxygen atoms in total. The standard InChI is InChI=1S/C25H19ClN2O5/c26-19-12-6-7-13-20(19)27-22(29)15-33-25(32)21(14-16-8-2-1-3-9-16)28-23(30)17-10-4-5-11-18(17)24(28)31/h1-13,21H,14-15H2,(H,27,29)/t21-/m0/s1. The predicted octanol–water partition coefficient (Wildman–Crippen LogP) is 3.73. The number of rotatable bonds is 7. The van der Waals surface area contributed by atoms with Crippen molar-refractivity contribution in [1.82, 2.24) is 4.90 Å². The van der Waals surface area contributed by atoms with Gasteiger partial charge in [0.25, 0.3) is 17.7 Å². The van der Waals surface area contributed by atoms with Gasteiger partial charge in [-0.25, -0.2) is 4.79 Å². The number of benzene rings is 3. The Kier molecular flexibility index (Phi) is 6.51. The molecule has 166 valence electrons. The molecule has 0 spiro atoms. The van der Waals surface area contributed by atoms with E-state index in [1.165, 1.54) is 12.1 Å². The van der Waals surface area contributed by atoms with Gasteiger partial charge in [-0.3, -0.25) is 19.3 Å². The molecule has 0 saturated carbocycles. The van der Waals surface area contributed by atoms with Gasteiger partial charge < -0.3 is 10.1 Å². The summed E-state index contributed by atoms with van der Waals surface area (Å²) in [5, 5.41) is 2.90. The summed E-state index contributed by atoms with van der Waals surface area (Å²) in [4.78, 5) is 52.1. The lowest BCUT2D eigenvalue weighted by Crippen LogP contribution is -2.47. The van der Waals surface area contributed by atoms with Gasteiger partial charge in [0.2, 0.25) is 0 Å². The molecule has 0 aromatic heterocycles. The fourth-order valence-electron chi connectivity index (χ4n) is 3.59. The highest BCUT2D eigenvalue weighted by atomic mass is 35.5. The Hall–Kier alpha value is -3.97. The first-order chi connectivity index (χ1) is 16.0. The first-order valence-electron chi connectivity index (χ1n) is 10.2. The number of imide groups is 1. The summed E-state index contributed by atoms with van der Waals surface area (Å²) >= 11 is 6.03. The second kappa shape index (κ2) is 9.67. The van der Waals surface area contributed by atoms with Crippen LogP contribution in [0.2, 0.25) is 5.02 Å². The molecule has 0 fully saturated rings. The first-order valence-corrected chi connectivity index (χ1v) is 10.6. The zero-order chi connectivity index (χ0) is 23.4. The van der Waals surface area contributed by atoms with Crippen molar-refractivity contribution < 1.29 is 23.9 Å². The van der Waals surface area contributed by atoms with E-state index in [-0.39, 0.29) is 17.5 Å². The first kappa shape index (κ1) is 22.2. The quantitative estimate of drug-likeness (QED) is 0.426. The van der Waals surface area contributed by atoms with E-state index in [2.05, 4.69) is 5.32 Å². The van der Waals surface area contributed by atoms with E-state index in [1.54, 1.807) is 60.7 Å². The molecule has 0 saturated heterocycles. The van der Waals surface area contributed by atoms with Crippen molar-refractivity contribution in [2.45, 2.75) is 12.5 Å². The highest BCUT2D eigenvalue weighted by Crippen LogP contribution is 2.26. The second-order valence-corrected chi connectivity index (χ2v) is 7.77. The van der Waals surface area contributed by atoms with Gasteiger partial charge in [-0.15, -0.1) is 0 Å². The summed E-state index contributed by atoms with van der Waals surface area (Å²) in [6.45, 7) is -0.599. The van der Waals surface area contributed by atoms with E-state index in [0.29, 0.717) is 10.7 Å². The molecule has 0 unspecified atom stereocenters. The molecular weight excluding hydrogens is 444 g/mol. The highest BCUT2D eigenvalue weighted by Gasteiger charge is 2.43. The Bertz CT molecular complexity index is 1190.